The number of rotatable bonds is 5. The second kappa shape index (κ2) is 6.75. The molecule has 136 valence electrons. The predicted molar refractivity (Wildman–Crippen MR) is 94.6 cm³/mol. The highest BCUT2D eigenvalue weighted by Gasteiger charge is 2.40. The third-order valence-corrected chi connectivity index (χ3v) is 4.00. The molecule has 10 heteroatoms. The SMILES string of the molecule is CC1=NN(c2ccccc2)C(=O)[C@@H]1C(=O)c1cc([N+](=O)[O-])cc([N+](=O)[O-])c1. The van der Waals surface area contributed by atoms with Crippen LogP contribution in [0.2, 0.25) is 0 Å². The van der Waals surface area contributed by atoms with Crippen LogP contribution in [0, 0.1) is 26.1 Å². The number of hydrogen-bond donors (Lipinski definition) is 0. The lowest BCUT2D eigenvalue weighted by Gasteiger charge is -2.13. The molecule has 1 aliphatic rings. The Labute approximate surface area is 152 Å². The van der Waals surface area contributed by atoms with E-state index < -0.39 is 38.8 Å². The van der Waals surface area contributed by atoms with E-state index in [-0.39, 0.29) is 11.3 Å². The first-order chi connectivity index (χ1) is 12.8. The van der Waals surface area contributed by atoms with Gasteiger partial charge in [-0.2, -0.15) is 10.1 Å². The van der Waals surface area contributed by atoms with E-state index in [0.717, 1.165) is 23.2 Å². The van der Waals surface area contributed by atoms with Gasteiger partial charge in [0.05, 0.1) is 27.3 Å². The highest BCUT2D eigenvalue weighted by molar-refractivity contribution is 6.30. The average Bonchev–Trinajstić information content (AvgIpc) is 2.95. The second-order valence-electron chi connectivity index (χ2n) is 5.78. The molecule has 1 amide bonds. The topological polar surface area (TPSA) is 136 Å². The van der Waals surface area contributed by atoms with Gasteiger partial charge in [0.15, 0.2) is 5.78 Å². The number of nitro groups is 2. The number of ketones is 1. The summed E-state index contributed by atoms with van der Waals surface area (Å²) in [5.74, 6) is -2.71. The van der Waals surface area contributed by atoms with Gasteiger partial charge in [0.2, 0.25) is 0 Å². The maximum Gasteiger partial charge on any atom is 0.277 e. The smallest absolute Gasteiger partial charge is 0.277 e. The minimum Gasteiger partial charge on any atom is -0.293 e. The minimum absolute atomic E-state index is 0.197. The number of benzene rings is 2. The summed E-state index contributed by atoms with van der Waals surface area (Å²) in [4.78, 5) is 45.9. The lowest BCUT2D eigenvalue weighted by Crippen LogP contribution is -2.32. The normalized spacial score (nSPS) is 16.2. The first-order valence-corrected chi connectivity index (χ1v) is 7.72. The van der Waals surface area contributed by atoms with Crippen molar-refractivity contribution in [2.24, 2.45) is 11.0 Å². The molecule has 0 N–H and O–H groups in total. The molecule has 2 aromatic carbocycles. The lowest BCUT2D eigenvalue weighted by molar-refractivity contribution is -0.394. The Hall–Kier alpha value is -3.95. The Bertz CT molecular complexity index is 969. The second-order valence-corrected chi connectivity index (χ2v) is 5.78. The monoisotopic (exact) mass is 368 g/mol. The molecule has 0 spiro atoms. The van der Waals surface area contributed by atoms with Crippen molar-refractivity contribution in [3.8, 4) is 0 Å². The molecule has 1 heterocycles. The number of carbonyl (C=O) groups excluding carboxylic acids is 2. The fraction of sp³-hybridized carbons (Fsp3) is 0.118. The van der Waals surface area contributed by atoms with Crippen molar-refractivity contribution in [2.45, 2.75) is 6.92 Å². The third-order valence-electron chi connectivity index (χ3n) is 4.00. The summed E-state index contributed by atoms with van der Waals surface area (Å²) in [6, 6.07) is 11.0. The zero-order valence-corrected chi connectivity index (χ0v) is 13.9. The van der Waals surface area contributed by atoms with Crippen molar-refractivity contribution >= 4 is 34.5 Å². The molecule has 10 nitrogen and oxygen atoms in total. The Morgan fingerprint density at radius 1 is 1.04 bits per heavy atom. The summed E-state index contributed by atoms with van der Waals surface area (Å²) >= 11 is 0. The molecular weight excluding hydrogens is 356 g/mol. The third kappa shape index (κ3) is 3.27. The van der Waals surface area contributed by atoms with Gasteiger partial charge in [-0.1, -0.05) is 18.2 Å². The van der Waals surface area contributed by atoms with Crippen molar-refractivity contribution < 1.29 is 19.4 Å². The number of para-hydroxylation sites is 1. The molecule has 1 atom stereocenters. The van der Waals surface area contributed by atoms with Gasteiger partial charge in [0.1, 0.15) is 5.92 Å². The van der Waals surface area contributed by atoms with Gasteiger partial charge in [0.25, 0.3) is 17.3 Å². The number of carbonyl (C=O) groups is 2. The first kappa shape index (κ1) is 17.9. The van der Waals surface area contributed by atoms with Crippen LogP contribution in [-0.2, 0) is 4.79 Å². The molecule has 0 fully saturated rings. The zero-order valence-electron chi connectivity index (χ0n) is 13.9. The summed E-state index contributed by atoms with van der Waals surface area (Å²) in [6.07, 6.45) is 0. The standard InChI is InChI=1S/C17H12N4O6/c1-10-15(17(23)19(18-10)12-5-3-2-4-6-12)16(22)11-7-13(20(24)25)9-14(8-11)21(26)27/h2-9,15H,1H3/t15-/m0/s1. The Balaban J connectivity index is 1.99. The molecule has 27 heavy (non-hydrogen) atoms. The Morgan fingerprint density at radius 2 is 1.59 bits per heavy atom. The van der Waals surface area contributed by atoms with Crippen LogP contribution in [0.5, 0.6) is 0 Å². The number of non-ortho nitro benzene ring substituents is 2. The van der Waals surface area contributed by atoms with E-state index in [1.165, 1.54) is 6.92 Å². The van der Waals surface area contributed by atoms with Crippen LogP contribution in [0.25, 0.3) is 0 Å². The molecule has 0 saturated heterocycles. The van der Waals surface area contributed by atoms with Crippen molar-refractivity contribution in [3.05, 3.63) is 74.3 Å². The van der Waals surface area contributed by atoms with Crippen LogP contribution in [0.15, 0.2) is 53.6 Å². The van der Waals surface area contributed by atoms with Gasteiger partial charge in [-0.15, -0.1) is 0 Å². The van der Waals surface area contributed by atoms with Crippen LogP contribution in [-0.4, -0.2) is 27.2 Å². The largest absolute Gasteiger partial charge is 0.293 e. The van der Waals surface area contributed by atoms with Gasteiger partial charge in [-0.25, -0.2) is 0 Å². The summed E-state index contributed by atoms with van der Waals surface area (Å²) in [6.45, 7) is 1.48. The minimum atomic E-state index is -1.30. The van der Waals surface area contributed by atoms with E-state index in [9.17, 15) is 29.8 Å². The predicted octanol–water partition coefficient (Wildman–Crippen LogP) is 2.72. The zero-order chi connectivity index (χ0) is 19.7. The Kier molecular flexibility index (Phi) is 4.46. The summed E-state index contributed by atoms with van der Waals surface area (Å²) in [7, 11) is 0. The summed E-state index contributed by atoms with van der Waals surface area (Å²) < 4.78 is 0. The molecule has 0 radical (unpaired) electrons. The van der Waals surface area contributed by atoms with Crippen LogP contribution in [0.3, 0.4) is 0 Å². The van der Waals surface area contributed by atoms with E-state index in [1.807, 2.05) is 0 Å². The fourth-order valence-corrected chi connectivity index (χ4v) is 2.74. The highest BCUT2D eigenvalue weighted by atomic mass is 16.6. The molecule has 1 aliphatic heterocycles. The van der Waals surface area contributed by atoms with Gasteiger partial charge in [-0.05, 0) is 19.1 Å². The highest BCUT2D eigenvalue weighted by Crippen LogP contribution is 2.29. The molecule has 0 aliphatic carbocycles. The number of nitrogens with zero attached hydrogens (tertiary/aromatic N) is 4. The maximum atomic E-state index is 12.8. The average molecular weight is 368 g/mol. The number of anilines is 1. The van der Waals surface area contributed by atoms with Gasteiger partial charge >= 0.3 is 0 Å². The van der Waals surface area contributed by atoms with Gasteiger partial charge < -0.3 is 0 Å². The molecule has 0 saturated carbocycles. The van der Waals surface area contributed by atoms with E-state index in [2.05, 4.69) is 5.10 Å². The van der Waals surface area contributed by atoms with E-state index in [1.54, 1.807) is 30.3 Å². The van der Waals surface area contributed by atoms with Crippen molar-refractivity contribution in [1.82, 2.24) is 0 Å². The number of amides is 1. The fourth-order valence-electron chi connectivity index (χ4n) is 2.74. The number of hydrazone groups is 1. The number of Topliss-reactive ketones (excluding diaryl/α,β-unsaturated/α-hetero) is 1. The number of nitro benzene ring substituents is 2. The number of hydrogen-bond acceptors (Lipinski definition) is 7. The van der Waals surface area contributed by atoms with E-state index in [0.29, 0.717) is 5.69 Å². The van der Waals surface area contributed by atoms with Crippen LogP contribution in [0.1, 0.15) is 17.3 Å². The first-order valence-electron chi connectivity index (χ1n) is 7.72. The van der Waals surface area contributed by atoms with Crippen LogP contribution in [0.4, 0.5) is 17.1 Å². The molecule has 0 aromatic heterocycles. The maximum absolute atomic E-state index is 12.8. The molecule has 0 unspecified atom stereocenters. The van der Waals surface area contributed by atoms with Gasteiger partial charge in [0, 0.05) is 17.7 Å². The van der Waals surface area contributed by atoms with Gasteiger partial charge in [-0.3, -0.25) is 29.8 Å². The summed E-state index contributed by atoms with van der Waals surface area (Å²) in [5, 5.41) is 27.2. The van der Waals surface area contributed by atoms with Crippen molar-refractivity contribution in [1.29, 1.82) is 0 Å². The summed E-state index contributed by atoms with van der Waals surface area (Å²) in [5.41, 5.74) is -0.844. The van der Waals surface area contributed by atoms with Crippen molar-refractivity contribution in [2.75, 3.05) is 5.01 Å². The van der Waals surface area contributed by atoms with Crippen molar-refractivity contribution in [3.63, 3.8) is 0 Å². The molecular formula is C17H12N4O6. The Morgan fingerprint density at radius 3 is 2.11 bits per heavy atom. The van der Waals surface area contributed by atoms with Crippen LogP contribution < -0.4 is 5.01 Å². The molecule has 3 rings (SSSR count). The van der Waals surface area contributed by atoms with Crippen LogP contribution >= 0.6 is 0 Å². The lowest BCUT2D eigenvalue weighted by atomic mass is 9.93. The quantitative estimate of drug-likeness (QED) is 0.344. The molecule has 2 aromatic rings. The van der Waals surface area contributed by atoms with E-state index in [4.69, 9.17) is 0 Å². The molecule has 0 bridgehead atoms. The van der Waals surface area contributed by atoms with E-state index >= 15 is 0 Å².